The topological polar surface area (TPSA) is 31.7 Å². The fraction of sp³-hybridized carbons (Fsp3) is 0.444. The van der Waals surface area contributed by atoms with Gasteiger partial charge in [0.1, 0.15) is 0 Å². The van der Waals surface area contributed by atoms with Crippen molar-refractivity contribution in [2.75, 3.05) is 44.2 Å². The van der Waals surface area contributed by atoms with Crippen molar-refractivity contribution in [2.24, 2.45) is 0 Å². The van der Waals surface area contributed by atoms with E-state index in [0.29, 0.717) is 6.54 Å². The van der Waals surface area contributed by atoms with E-state index in [1.165, 1.54) is 33.4 Å². The Hall–Kier alpha value is -2.50. The van der Waals surface area contributed by atoms with Crippen molar-refractivity contribution in [3.05, 3.63) is 64.3 Å². The molecule has 0 bridgehead atoms. The second-order valence-electron chi connectivity index (χ2n) is 9.77. The maximum Gasteiger partial charge on any atom is 0.237 e. The van der Waals surface area contributed by atoms with Gasteiger partial charge in [0.05, 0.1) is 12.6 Å². The molecule has 1 aliphatic carbocycles. The molecular formula is C27H31ClN4O. The number of amides is 1. The summed E-state index contributed by atoms with van der Waals surface area (Å²) in [7, 11) is 0. The van der Waals surface area contributed by atoms with Gasteiger partial charge >= 0.3 is 0 Å². The number of carbonyl (C=O) groups is 1. The van der Waals surface area contributed by atoms with Crippen LogP contribution < -0.4 is 4.90 Å². The molecule has 1 atom stereocenters. The van der Waals surface area contributed by atoms with Gasteiger partial charge in [-0.2, -0.15) is 0 Å². The SMILES string of the molecule is Cc1ccc2c(c1)c1c3n2CCN(C(=O)CN2CCN(c4cccc(Cl)c4)CC2)[C@@H]3CCC1. The van der Waals surface area contributed by atoms with E-state index in [0.717, 1.165) is 63.6 Å². The van der Waals surface area contributed by atoms with Crippen molar-refractivity contribution in [3.63, 3.8) is 0 Å². The van der Waals surface area contributed by atoms with Crippen LogP contribution in [0.25, 0.3) is 10.9 Å². The normalized spacial score (nSPS) is 20.8. The zero-order valence-corrected chi connectivity index (χ0v) is 20.0. The Morgan fingerprint density at radius 1 is 1.03 bits per heavy atom. The Balaban J connectivity index is 1.16. The quantitative estimate of drug-likeness (QED) is 0.568. The minimum Gasteiger partial charge on any atom is -0.369 e. The minimum absolute atomic E-state index is 0.232. The average molecular weight is 463 g/mol. The average Bonchev–Trinajstić information content (AvgIpc) is 3.14. The number of anilines is 1. The maximum atomic E-state index is 13.5. The summed E-state index contributed by atoms with van der Waals surface area (Å²) in [5.41, 5.74) is 6.72. The lowest BCUT2D eigenvalue weighted by molar-refractivity contribution is -0.136. The molecule has 6 rings (SSSR count). The number of benzene rings is 2. The number of halogens is 1. The van der Waals surface area contributed by atoms with E-state index in [1.54, 1.807) is 0 Å². The lowest BCUT2D eigenvalue weighted by Gasteiger charge is -2.42. The molecule has 0 unspecified atom stereocenters. The highest BCUT2D eigenvalue weighted by Crippen LogP contribution is 2.42. The summed E-state index contributed by atoms with van der Waals surface area (Å²) in [5, 5.41) is 2.18. The molecule has 0 saturated carbocycles. The predicted molar refractivity (Wildman–Crippen MR) is 134 cm³/mol. The smallest absolute Gasteiger partial charge is 0.237 e. The monoisotopic (exact) mass is 462 g/mol. The van der Waals surface area contributed by atoms with Crippen LogP contribution in [0.4, 0.5) is 5.69 Å². The molecule has 1 amide bonds. The highest BCUT2D eigenvalue weighted by molar-refractivity contribution is 6.30. The molecule has 172 valence electrons. The predicted octanol–water partition coefficient (Wildman–Crippen LogP) is 4.64. The summed E-state index contributed by atoms with van der Waals surface area (Å²) in [6.07, 6.45) is 3.37. The summed E-state index contributed by atoms with van der Waals surface area (Å²) < 4.78 is 2.50. The van der Waals surface area contributed by atoms with Crippen molar-refractivity contribution >= 4 is 34.1 Å². The van der Waals surface area contributed by atoms with E-state index < -0.39 is 0 Å². The van der Waals surface area contributed by atoms with Crippen molar-refractivity contribution < 1.29 is 4.79 Å². The molecule has 5 nitrogen and oxygen atoms in total. The molecule has 3 aliphatic rings. The highest BCUT2D eigenvalue weighted by Gasteiger charge is 2.37. The number of fused-ring (bicyclic) bond motifs is 3. The van der Waals surface area contributed by atoms with Crippen LogP contribution in [-0.4, -0.2) is 59.5 Å². The lowest BCUT2D eigenvalue weighted by Crippen LogP contribution is -2.52. The molecule has 1 aromatic heterocycles. The van der Waals surface area contributed by atoms with Crippen LogP contribution >= 0.6 is 11.6 Å². The molecule has 0 spiro atoms. The third-order valence-corrected chi connectivity index (χ3v) is 7.99. The van der Waals surface area contributed by atoms with Gasteiger partial charge in [0.15, 0.2) is 0 Å². The number of rotatable bonds is 3. The van der Waals surface area contributed by atoms with Crippen molar-refractivity contribution in [1.29, 1.82) is 0 Å². The number of aromatic nitrogens is 1. The number of aryl methyl sites for hydroxylation is 2. The Morgan fingerprint density at radius 3 is 2.70 bits per heavy atom. The number of nitrogens with zero attached hydrogens (tertiary/aromatic N) is 4. The molecular weight excluding hydrogens is 432 g/mol. The fourth-order valence-corrected chi connectivity index (χ4v) is 6.32. The van der Waals surface area contributed by atoms with E-state index in [-0.39, 0.29) is 11.9 Å². The van der Waals surface area contributed by atoms with Crippen LogP contribution in [-0.2, 0) is 17.8 Å². The first kappa shape index (κ1) is 21.1. The molecule has 6 heteroatoms. The first-order valence-electron chi connectivity index (χ1n) is 12.2. The van der Waals surface area contributed by atoms with Crippen molar-refractivity contribution in [1.82, 2.24) is 14.4 Å². The zero-order valence-electron chi connectivity index (χ0n) is 19.3. The van der Waals surface area contributed by atoms with Gasteiger partial charge in [-0.05, 0) is 62.1 Å². The second-order valence-corrected chi connectivity index (χ2v) is 10.2. The van der Waals surface area contributed by atoms with Gasteiger partial charge in [0.25, 0.3) is 0 Å². The van der Waals surface area contributed by atoms with Gasteiger partial charge in [-0.25, -0.2) is 0 Å². The maximum absolute atomic E-state index is 13.5. The largest absolute Gasteiger partial charge is 0.369 e. The number of carbonyl (C=O) groups excluding carboxylic acids is 1. The zero-order chi connectivity index (χ0) is 22.5. The summed E-state index contributed by atoms with van der Waals surface area (Å²) in [6, 6.07) is 15.1. The first-order valence-corrected chi connectivity index (χ1v) is 12.6. The van der Waals surface area contributed by atoms with Crippen LogP contribution in [0.5, 0.6) is 0 Å². The Morgan fingerprint density at radius 2 is 1.88 bits per heavy atom. The van der Waals surface area contributed by atoms with E-state index in [9.17, 15) is 4.79 Å². The Labute approximate surface area is 200 Å². The van der Waals surface area contributed by atoms with E-state index >= 15 is 0 Å². The second kappa shape index (κ2) is 8.37. The highest BCUT2D eigenvalue weighted by atomic mass is 35.5. The number of piperazine rings is 1. The van der Waals surface area contributed by atoms with Crippen molar-refractivity contribution in [2.45, 2.75) is 38.8 Å². The molecule has 1 fully saturated rings. The van der Waals surface area contributed by atoms with Gasteiger partial charge < -0.3 is 14.4 Å². The molecule has 0 N–H and O–H groups in total. The first-order chi connectivity index (χ1) is 16.1. The van der Waals surface area contributed by atoms with Gasteiger partial charge in [-0.3, -0.25) is 9.69 Å². The van der Waals surface area contributed by atoms with Crippen molar-refractivity contribution in [3.8, 4) is 0 Å². The van der Waals surface area contributed by atoms with Gasteiger partial charge in [0, 0.05) is 66.6 Å². The summed E-state index contributed by atoms with van der Waals surface area (Å²) >= 11 is 6.17. The Bertz CT molecular complexity index is 1210. The molecule has 33 heavy (non-hydrogen) atoms. The Kier molecular flexibility index (Phi) is 5.34. The molecule has 2 aromatic carbocycles. The third-order valence-electron chi connectivity index (χ3n) is 7.75. The summed E-state index contributed by atoms with van der Waals surface area (Å²) in [4.78, 5) is 20.4. The van der Waals surface area contributed by atoms with Crippen LogP contribution in [0, 0.1) is 6.92 Å². The standard InChI is InChI=1S/C27H31ClN4O/c1-19-8-9-24-23(16-19)22-6-3-7-25-27(22)32(24)15-14-31(25)26(33)18-29-10-12-30(13-11-29)21-5-2-4-20(28)17-21/h2,4-5,8-9,16-17,25H,3,6-7,10-15,18H2,1H3/t25-/m1/s1. The molecule has 3 heterocycles. The van der Waals surface area contributed by atoms with Gasteiger partial charge in [0.2, 0.25) is 5.91 Å². The van der Waals surface area contributed by atoms with E-state index in [2.05, 4.69) is 50.5 Å². The lowest BCUT2D eigenvalue weighted by atomic mass is 9.89. The fourth-order valence-electron chi connectivity index (χ4n) is 6.14. The van der Waals surface area contributed by atoms with Gasteiger partial charge in [-0.1, -0.05) is 29.3 Å². The number of hydrogen-bond donors (Lipinski definition) is 0. The number of hydrogen-bond acceptors (Lipinski definition) is 3. The van der Waals surface area contributed by atoms with E-state index in [1.807, 2.05) is 18.2 Å². The summed E-state index contributed by atoms with van der Waals surface area (Å²) in [6.45, 7) is 8.07. The van der Waals surface area contributed by atoms with Crippen LogP contribution in [0.15, 0.2) is 42.5 Å². The van der Waals surface area contributed by atoms with E-state index in [4.69, 9.17) is 11.6 Å². The molecule has 0 radical (unpaired) electrons. The van der Waals surface area contributed by atoms with Gasteiger partial charge in [-0.15, -0.1) is 0 Å². The molecule has 2 aliphatic heterocycles. The molecule has 3 aromatic rings. The third kappa shape index (κ3) is 3.71. The summed E-state index contributed by atoms with van der Waals surface area (Å²) in [5.74, 6) is 0.289. The van der Waals surface area contributed by atoms with Crippen LogP contribution in [0.2, 0.25) is 5.02 Å². The van der Waals surface area contributed by atoms with Crippen LogP contribution in [0.1, 0.15) is 35.7 Å². The molecule has 1 saturated heterocycles. The minimum atomic E-state index is 0.232. The van der Waals surface area contributed by atoms with Crippen LogP contribution in [0.3, 0.4) is 0 Å².